The largest absolute Gasteiger partial charge is 0.478 e. The van der Waals surface area contributed by atoms with E-state index in [0.29, 0.717) is 22.9 Å². The van der Waals surface area contributed by atoms with Crippen molar-refractivity contribution in [2.75, 3.05) is 5.73 Å². The summed E-state index contributed by atoms with van der Waals surface area (Å²) in [6, 6.07) is 18.7. The maximum atomic E-state index is 11.2. The summed E-state index contributed by atoms with van der Waals surface area (Å²) in [5.41, 5.74) is 9.75. The van der Waals surface area contributed by atoms with Crippen LogP contribution in [0.5, 0.6) is 23.0 Å². The Morgan fingerprint density at radius 3 is 1.49 bits per heavy atom. The number of nitrogens with zero attached hydrogens (tertiary/aromatic N) is 2. The third-order valence-electron chi connectivity index (χ3n) is 5.46. The number of nitro benzene ring substituents is 2. The van der Waals surface area contributed by atoms with Crippen LogP contribution in [0.15, 0.2) is 72.8 Å². The van der Waals surface area contributed by atoms with Crippen LogP contribution < -0.4 is 15.2 Å². The van der Waals surface area contributed by atoms with Crippen molar-refractivity contribution >= 4 is 35.4 Å². The zero-order valence-electron chi connectivity index (χ0n) is 22.6. The molecule has 0 aliphatic rings. The lowest BCUT2D eigenvalue weighted by atomic mass is 10.1. The summed E-state index contributed by atoms with van der Waals surface area (Å²) in [6.07, 6.45) is 0. The topological polar surface area (TPSA) is 168 Å². The van der Waals surface area contributed by atoms with Gasteiger partial charge in [-0.25, -0.2) is 4.79 Å². The standard InChI is InChI=1S/C15H13NO5.C14H14N2O3.ClH/c1-9-5-10(2)7-12(6-9)21-14-8-11(16(19)20)3-4-13(14)15(17)18;1-9-5-10(2)7-12(6-9)19-14-8-11(16(17)18)3-4-13(14)15;/h3-8H,1-2H3,(H,17,18);3-8H,15H2,1-2H3;1H. The van der Waals surface area contributed by atoms with E-state index in [0.717, 1.165) is 34.4 Å². The van der Waals surface area contributed by atoms with Crippen LogP contribution in [-0.4, -0.2) is 20.9 Å². The molecule has 41 heavy (non-hydrogen) atoms. The lowest BCUT2D eigenvalue weighted by Gasteiger charge is -2.10. The number of nitro groups is 2. The van der Waals surface area contributed by atoms with E-state index in [1.807, 2.05) is 52.0 Å². The molecule has 0 radical (unpaired) electrons. The Morgan fingerprint density at radius 1 is 0.683 bits per heavy atom. The summed E-state index contributed by atoms with van der Waals surface area (Å²) in [6.45, 7) is 7.67. The molecule has 0 aliphatic heterocycles. The van der Waals surface area contributed by atoms with Crippen LogP contribution >= 0.6 is 12.4 Å². The van der Waals surface area contributed by atoms with E-state index in [1.54, 1.807) is 12.1 Å². The summed E-state index contributed by atoms with van der Waals surface area (Å²) >= 11 is 0. The van der Waals surface area contributed by atoms with E-state index in [4.69, 9.17) is 20.3 Å². The molecule has 0 heterocycles. The zero-order valence-corrected chi connectivity index (χ0v) is 23.4. The van der Waals surface area contributed by atoms with E-state index in [-0.39, 0.29) is 35.1 Å². The van der Waals surface area contributed by atoms with Gasteiger partial charge in [-0.1, -0.05) is 12.1 Å². The number of carboxylic acids is 1. The van der Waals surface area contributed by atoms with Gasteiger partial charge in [-0.15, -0.1) is 12.4 Å². The van der Waals surface area contributed by atoms with Crippen LogP contribution in [0, 0.1) is 47.9 Å². The molecule has 0 amide bonds. The molecule has 12 heteroatoms. The molecule has 0 unspecified atom stereocenters. The summed E-state index contributed by atoms with van der Waals surface area (Å²) in [5, 5.41) is 30.7. The first-order valence-electron chi connectivity index (χ1n) is 11.9. The van der Waals surface area contributed by atoms with Crippen LogP contribution in [0.25, 0.3) is 0 Å². The Bertz CT molecular complexity index is 1570. The maximum absolute atomic E-state index is 11.2. The normalized spacial score (nSPS) is 9.95. The second-order valence-corrected chi connectivity index (χ2v) is 9.07. The summed E-state index contributed by atoms with van der Waals surface area (Å²) < 4.78 is 11.2. The third-order valence-corrected chi connectivity index (χ3v) is 5.46. The van der Waals surface area contributed by atoms with Crippen molar-refractivity contribution in [2.45, 2.75) is 27.7 Å². The highest BCUT2D eigenvalue weighted by Gasteiger charge is 2.17. The van der Waals surface area contributed by atoms with E-state index < -0.39 is 15.8 Å². The molecule has 0 aliphatic carbocycles. The number of aryl methyl sites for hydroxylation is 4. The molecule has 0 saturated heterocycles. The van der Waals surface area contributed by atoms with Crippen LogP contribution in [0.1, 0.15) is 32.6 Å². The van der Waals surface area contributed by atoms with Crippen molar-refractivity contribution in [2.24, 2.45) is 0 Å². The van der Waals surface area contributed by atoms with Crippen LogP contribution in [-0.2, 0) is 0 Å². The monoisotopic (exact) mass is 581 g/mol. The Balaban J connectivity index is 0.000000281. The van der Waals surface area contributed by atoms with Crippen molar-refractivity contribution in [1.82, 2.24) is 0 Å². The molecule has 4 aromatic rings. The first kappa shape index (κ1) is 32.1. The number of hydrogen-bond acceptors (Lipinski definition) is 8. The van der Waals surface area contributed by atoms with Crippen LogP contribution in [0.3, 0.4) is 0 Å². The Kier molecular flexibility index (Phi) is 10.8. The van der Waals surface area contributed by atoms with Crippen molar-refractivity contribution in [3.05, 3.63) is 121 Å². The highest BCUT2D eigenvalue weighted by atomic mass is 35.5. The van der Waals surface area contributed by atoms with Gasteiger partial charge in [0, 0.05) is 12.1 Å². The van der Waals surface area contributed by atoms with Gasteiger partial charge in [-0.2, -0.15) is 0 Å². The molecule has 214 valence electrons. The first-order valence-corrected chi connectivity index (χ1v) is 11.9. The predicted octanol–water partition coefficient (Wildman–Crippen LogP) is 7.71. The lowest BCUT2D eigenvalue weighted by Crippen LogP contribution is -2.01. The summed E-state index contributed by atoms with van der Waals surface area (Å²) in [5.74, 6) is 0.0883. The zero-order chi connectivity index (χ0) is 29.6. The van der Waals surface area contributed by atoms with Crippen LogP contribution in [0.2, 0.25) is 0 Å². The minimum absolute atomic E-state index is 0. The lowest BCUT2D eigenvalue weighted by molar-refractivity contribution is -0.385. The maximum Gasteiger partial charge on any atom is 0.339 e. The smallest absolute Gasteiger partial charge is 0.339 e. The summed E-state index contributed by atoms with van der Waals surface area (Å²) in [4.78, 5) is 31.6. The SMILES string of the molecule is Cc1cc(C)cc(Oc2cc([N+](=O)[O-])ccc2C(=O)O)c1.Cc1cc(C)cc(Oc2cc([N+](=O)[O-])ccc2N)c1.Cl. The van der Waals surface area contributed by atoms with Gasteiger partial charge >= 0.3 is 5.97 Å². The average molecular weight is 582 g/mol. The molecule has 0 aromatic heterocycles. The molecular weight excluding hydrogens is 554 g/mol. The molecule has 4 rings (SSSR count). The van der Waals surface area contributed by atoms with Crippen LogP contribution in [0.4, 0.5) is 17.1 Å². The molecule has 4 aromatic carbocycles. The van der Waals surface area contributed by atoms with E-state index in [2.05, 4.69) is 0 Å². The van der Waals surface area contributed by atoms with E-state index >= 15 is 0 Å². The van der Waals surface area contributed by atoms with Gasteiger partial charge < -0.3 is 20.3 Å². The molecule has 11 nitrogen and oxygen atoms in total. The Labute approximate surface area is 241 Å². The van der Waals surface area contributed by atoms with Gasteiger partial charge in [0.15, 0.2) is 5.75 Å². The van der Waals surface area contributed by atoms with Gasteiger partial charge in [-0.05, 0) is 86.3 Å². The fourth-order valence-electron chi connectivity index (χ4n) is 3.85. The van der Waals surface area contributed by atoms with Gasteiger partial charge in [0.25, 0.3) is 11.4 Å². The molecule has 0 fully saturated rings. The number of hydrogen-bond donors (Lipinski definition) is 2. The van der Waals surface area contributed by atoms with E-state index in [1.165, 1.54) is 24.3 Å². The molecule has 0 atom stereocenters. The molecule has 0 saturated carbocycles. The predicted molar refractivity (Wildman–Crippen MR) is 157 cm³/mol. The van der Waals surface area contributed by atoms with Crippen molar-refractivity contribution in [3.63, 3.8) is 0 Å². The molecular formula is C29H28ClN3O8. The van der Waals surface area contributed by atoms with Crippen molar-refractivity contribution in [3.8, 4) is 23.0 Å². The number of benzene rings is 4. The number of carbonyl (C=O) groups is 1. The number of aromatic carboxylic acids is 1. The number of nitrogen functional groups attached to an aromatic ring is 1. The highest BCUT2D eigenvalue weighted by Crippen LogP contribution is 2.32. The molecule has 0 bridgehead atoms. The van der Waals surface area contributed by atoms with Gasteiger partial charge in [0.1, 0.15) is 22.8 Å². The van der Waals surface area contributed by atoms with Gasteiger partial charge in [0.05, 0.1) is 27.7 Å². The first-order chi connectivity index (χ1) is 18.8. The van der Waals surface area contributed by atoms with Crippen molar-refractivity contribution < 1.29 is 29.2 Å². The number of ether oxygens (including phenoxy) is 2. The quantitative estimate of drug-likeness (QED) is 0.126. The van der Waals surface area contributed by atoms with Gasteiger partial charge in [0.2, 0.25) is 0 Å². The van der Waals surface area contributed by atoms with Gasteiger partial charge in [-0.3, -0.25) is 20.2 Å². The summed E-state index contributed by atoms with van der Waals surface area (Å²) in [7, 11) is 0. The van der Waals surface area contributed by atoms with E-state index in [9.17, 15) is 25.0 Å². The number of non-ortho nitro benzene ring substituents is 2. The number of carboxylic acid groups (broad SMARTS) is 1. The Morgan fingerprint density at radius 2 is 1.07 bits per heavy atom. The highest BCUT2D eigenvalue weighted by molar-refractivity contribution is 5.91. The fourth-order valence-corrected chi connectivity index (χ4v) is 3.85. The average Bonchev–Trinajstić information content (AvgIpc) is 2.84. The third kappa shape index (κ3) is 8.94. The number of anilines is 1. The number of nitrogens with two attached hydrogens (primary N) is 1. The van der Waals surface area contributed by atoms with Crippen molar-refractivity contribution in [1.29, 1.82) is 0 Å². The minimum atomic E-state index is -1.20. The second kappa shape index (κ2) is 13.8. The Hall–Kier alpha value is -5.16. The molecule has 3 N–H and O–H groups in total. The fraction of sp³-hybridized carbons (Fsp3) is 0.138. The minimum Gasteiger partial charge on any atom is -0.478 e. The number of rotatable bonds is 7. The number of halogens is 1. The second-order valence-electron chi connectivity index (χ2n) is 9.07. The molecule has 0 spiro atoms.